The number of benzene rings is 1. The van der Waals surface area contributed by atoms with E-state index in [9.17, 15) is 9.59 Å². The molecule has 0 unspecified atom stereocenters. The topological polar surface area (TPSA) is 58.4 Å². The number of hydrogen-bond donors (Lipinski definition) is 0. The average molecular weight is 328 g/mol. The maximum Gasteiger partial charge on any atom is 0.261 e. The highest BCUT2D eigenvalue weighted by Gasteiger charge is 2.35. The van der Waals surface area contributed by atoms with Crippen LogP contribution in [0.1, 0.15) is 13.3 Å². The molecule has 24 heavy (non-hydrogen) atoms. The minimum absolute atomic E-state index is 0.0167. The van der Waals surface area contributed by atoms with Crippen LogP contribution in [0.4, 0.5) is 0 Å². The number of rotatable bonds is 4. The number of carbonyl (C=O) groups excluding carboxylic acids is 1. The number of likely N-dealkylation sites (tertiary alicyclic amines) is 1. The van der Waals surface area contributed by atoms with E-state index in [1.807, 2.05) is 17.0 Å². The molecule has 1 saturated heterocycles. The van der Waals surface area contributed by atoms with Gasteiger partial charge >= 0.3 is 0 Å². The number of amides is 1. The molecule has 3 rings (SSSR count). The molecule has 0 N–H and O–H groups in total. The molecule has 0 spiro atoms. The van der Waals surface area contributed by atoms with E-state index in [1.54, 1.807) is 12.1 Å². The highest BCUT2D eigenvalue weighted by molar-refractivity contribution is 5.79. The number of fused-ring (bicyclic) bond motifs is 1. The van der Waals surface area contributed by atoms with Gasteiger partial charge in [-0.3, -0.25) is 14.2 Å². The van der Waals surface area contributed by atoms with Gasteiger partial charge < -0.3 is 9.80 Å². The zero-order valence-corrected chi connectivity index (χ0v) is 14.5. The lowest BCUT2D eigenvalue weighted by molar-refractivity contribution is -0.131. The summed E-state index contributed by atoms with van der Waals surface area (Å²) in [6.07, 6.45) is 2.52. The number of aromatic nitrogens is 2. The molecule has 1 aliphatic rings. The van der Waals surface area contributed by atoms with Crippen molar-refractivity contribution in [2.24, 2.45) is 5.92 Å². The summed E-state index contributed by atoms with van der Waals surface area (Å²) in [5.41, 5.74) is 0.496. The summed E-state index contributed by atoms with van der Waals surface area (Å²) in [6, 6.07) is 7.59. The molecule has 1 aromatic heterocycles. The quantitative estimate of drug-likeness (QED) is 0.846. The predicted molar refractivity (Wildman–Crippen MR) is 93.8 cm³/mol. The van der Waals surface area contributed by atoms with Crippen molar-refractivity contribution < 1.29 is 4.79 Å². The van der Waals surface area contributed by atoms with Gasteiger partial charge in [0.15, 0.2) is 0 Å². The Balaban J connectivity index is 1.78. The summed E-state index contributed by atoms with van der Waals surface area (Å²) >= 11 is 0. The van der Waals surface area contributed by atoms with Crippen LogP contribution < -0.4 is 5.56 Å². The molecule has 6 heteroatoms. The maximum absolute atomic E-state index is 12.7. The molecule has 0 saturated carbocycles. The van der Waals surface area contributed by atoms with E-state index >= 15 is 0 Å². The minimum Gasteiger partial charge on any atom is -0.339 e. The molecular formula is C18H24N4O2. The Morgan fingerprint density at radius 2 is 2.04 bits per heavy atom. The Labute approximate surface area is 141 Å². The molecular weight excluding hydrogens is 304 g/mol. The molecule has 1 aromatic carbocycles. The summed E-state index contributed by atoms with van der Waals surface area (Å²) in [7, 11) is 4.11. The van der Waals surface area contributed by atoms with Crippen molar-refractivity contribution in [2.45, 2.75) is 25.9 Å². The Bertz CT molecular complexity index is 799. The lowest BCUT2D eigenvalue weighted by Crippen LogP contribution is -2.38. The van der Waals surface area contributed by atoms with Crippen molar-refractivity contribution in [2.75, 3.05) is 27.2 Å². The van der Waals surface area contributed by atoms with Crippen molar-refractivity contribution in [1.29, 1.82) is 0 Å². The Morgan fingerprint density at radius 1 is 1.29 bits per heavy atom. The largest absolute Gasteiger partial charge is 0.339 e. The van der Waals surface area contributed by atoms with Gasteiger partial charge in [0.2, 0.25) is 5.91 Å². The monoisotopic (exact) mass is 328 g/mol. The first-order chi connectivity index (χ1) is 11.5. The van der Waals surface area contributed by atoms with Gasteiger partial charge in [-0.25, -0.2) is 4.98 Å². The third kappa shape index (κ3) is 3.06. The predicted octanol–water partition coefficient (Wildman–Crippen LogP) is 1.20. The number of likely N-dealkylation sites (N-methyl/N-ethyl adjacent to an activating group) is 1. The second-order valence-electron chi connectivity index (χ2n) is 6.69. The van der Waals surface area contributed by atoms with Crippen LogP contribution in [0, 0.1) is 5.92 Å². The third-order valence-electron chi connectivity index (χ3n) is 4.98. The van der Waals surface area contributed by atoms with Crippen LogP contribution in [-0.2, 0) is 11.3 Å². The van der Waals surface area contributed by atoms with Crippen LogP contribution in [0.5, 0.6) is 0 Å². The standard InChI is InChI=1S/C18H24N4O2/c1-4-13-9-21(10-16(13)20(2)3)17(23)11-22-12-19-15-8-6-5-7-14(15)18(22)24/h5-8,12-13,16H,4,9-11H2,1-3H3/t13-,16-/m1/s1. The van der Waals surface area contributed by atoms with Gasteiger partial charge in [0.25, 0.3) is 5.56 Å². The van der Waals surface area contributed by atoms with Gasteiger partial charge in [0, 0.05) is 19.1 Å². The fourth-order valence-corrected chi connectivity index (χ4v) is 3.51. The van der Waals surface area contributed by atoms with Gasteiger partial charge in [-0.05, 0) is 32.1 Å². The van der Waals surface area contributed by atoms with Gasteiger partial charge in [0.1, 0.15) is 6.54 Å². The summed E-state index contributed by atoms with van der Waals surface area (Å²) in [4.78, 5) is 33.5. The molecule has 0 bridgehead atoms. The van der Waals surface area contributed by atoms with E-state index in [0.29, 0.717) is 22.9 Å². The smallest absolute Gasteiger partial charge is 0.261 e. The number of nitrogens with zero attached hydrogens (tertiary/aromatic N) is 4. The van der Waals surface area contributed by atoms with E-state index in [0.717, 1.165) is 19.5 Å². The summed E-state index contributed by atoms with van der Waals surface area (Å²) in [6.45, 7) is 3.69. The van der Waals surface area contributed by atoms with E-state index < -0.39 is 0 Å². The zero-order valence-electron chi connectivity index (χ0n) is 14.5. The third-order valence-corrected chi connectivity index (χ3v) is 4.98. The lowest BCUT2D eigenvalue weighted by Gasteiger charge is -2.23. The van der Waals surface area contributed by atoms with Gasteiger partial charge in [0.05, 0.1) is 17.2 Å². The van der Waals surface area contributed by atoms with E-state index in [2.05, 4.69) is 30.9 Å². The molecule has 0 aliphatic carbocycles. The van der Waals surface area contributed by atoms with E-state index in [-0.39, 0.29) is 18.0 Å². The molecule has 2 aromatic rings. The van der Waals surface area contributed by atoms with Crippen LogP contribution in [0.25, 0.3) is 10.9 Å². The van der Waals surface area contributed by atoms with Crippen LogP contribution in [0.2, 0.25) is 0 Å². The fourth-order valence-electron chi connectivity index (χ4n) is 3.51. The first-order valence-electron chi connectivity index (χ1n) is 8.39. The van der Waals surface area contributed by atoms with Crippen LogP contribution in [0.3, 0.4) is 0 Å². The molecule has 2 atom stereocenters. The molecule has 6 nitrogen and oxygen atoms in total. The maximum atomic E-state index is 12.7. The number of para-hydroxylation sites is 1. The highest BCUT2D eigenvalue weighted by atomic mass is 16.2. The first kappa shape index (κ1) is 16.6. The van der Waals surface area contributed by atoms with Gasteiger partial charge in [-0.2, -0.15) is 0 Å². The molecule has 2 heterocycles. The molecule has 1 fully saturated rings. The SMILES string of the molecule is CC[C@@H]1CN(C(=O)Cn2cnc3ccccc3c2=O)C[C@H]1N(C)C. The summed E-state index contributed by atoms with van der Waals surface area (Å²) in [5.74, 6) is 0.465. The Hall–Kier alpha value is -2.21. The van der Waals surface area contributed by atoms with E-state index in [4.69, 9.17) is 0 Å². The van der Waals surface area contributed by atoms with Crippen LogP contribution in [-0.4, -0.2) is 58.5 Å². The van der Waals surface area contributed by atoms with Crippen molar-refractivity contribution in [3.8, 4) is 0 Å². The molecule has 1 amide bonds. The lowest BCUT2D eigenvalue weighted by atomic mass is 10.0. The Morgan fingerprint density at radius 3 is 2.71 bits per heavy atom. The number of hydrogen-bond acceptors (Lipinski definition) is 4. The normalized spacial score (nSPS) is 20.9. The van der Waals surface area contributed by atoms with Gasteiger partial charge in [-0.15, -0.1) is 0 Å². The average Bonchev–Trinajstić information content (AvgIpc) is 3.02. The van der Waals surface area contributed by atoms with Crippen molar-refractivity contribution >= 4 is 16.8 Å². The first-order valence-corrected chi connectivity index (χ1v) is 8.39. The van der Waals surface area contributed by atoms with Crippen molar-refractivity contribution in [3.05, 3.63) is 40.9 Å². The van der Waals surface area contributed by atoms with Crippen molar-refractivity contribution in [1.82, 2.24) is 19.4 Å². The second-order valence-corrected chi connectivity index (χ2v) is 6.69. The Kier molecular flexibility index (Phi) is 4.66. The minimum atomic E-state index is -0.163. The van der Waals surface area contributed by atoms with Gasteiger partial charge in [-0.1, -0.05) is 25.5 Å². The van der Waals surface area contributed by atoms with Crippen LogP contribution >= 0.6 is 0 Å². The second kappa shape index (κ2) is 6.73. The molecule has 1 aliphatic heterocycles. The van der Waals surface area contributed by atoms with E-state index in [1.165, 1.54) is 10.9 Å². The van der Waals surface area contributed by atoms with Crippen molar-refractivity contribution in [3.63, 3.8) is 0 Å². The summed E-state index contributed by atoms with van der Waals surface area (Å²) < 4.78 is 1.41. The zero-order chi connectivity index (χ0) is 17.3. The van der Waals surface area contributed by atoms with Crippen LogP contribution in [0.15, 0.2) is 35.4 Å². The molecule has 128 valence electrons. The number of carbonyl (C=O) groups is 1. The summed E-state index contributed by atoms with van der Waals surface area (Å²) in [5, 5.41) is 0.548. The highest BCUT2D eigenvalue weighted by Crippen LogP contribution is 2.23. The molecule has 0 radical (unpaired) electrons. The fraction of sp³-hybridized carbons (Fsp3) is 0.500.